The quantitative estimate of drug-likeness (QED) is 0.112. The Hall–Kier alpha value is -3.45. The van der Waals surface area contributed by atoms with E-state index in [9.17, 15) is 27.6 Å². The molecule has 0 spiro atoms. The summed E-state index contributed by atoms with van der Waals surface area (Å²) >= 11 is -1.88. The van der Waals surface area contributed by atoms with Gasteiger partial charge in [-0.15, -0.1) is 0 Å². The summed E-state index contributed by atoms with van der Waals surface area (Å²) in [5.41, 5.74) is 5.47. The number of aromatic carboxylic acids is 1. The molecule has 10 nitrogen and oxygen atoms in total. The number of hydrogen-bond acceptors (Lipinski definition) is 7. The molecule has 1 atom stereocenters. The van der Waals surface area contributed by atoms with Crippen LogP contribution in [0.2, 0.25) is 0 Å². The molecular weight excluding hydrogens is 556 g/mol. The van der Waals surface area contributed by atoms with Crippen LogP contribution in [0, 0.1) is 6.92 Å². The van der Waals surface area contributed by atoms with Crippen LogP contribution in [0.3, 0.4) is 0 Å². The lowest BCUT2D eigenvalue weighted by molar-refractivity contribution is 0.0696. The summed E-state index contributed by atoms with van der Waals surface area (Å²) in [6.45, 7) is 4.51. The molecule has 0 aromatic heterocycles. The molecule has 216 valence electrons. The number of aromatic hydroxyl groups is 1. The molecule has 40 heavy (non-hydrogen) atoms. The number of benzene rings is 2. The Kier molecular flexibility index (Phi) is 10.7. The SMILES string of the molecule is CC1=C/C(=C(/c2cc(C)c(NCCCS(=O)O)cc2O)c2ccccc2C(=O)O)CC=C1NCCCS(=O)(=O)O. The Bertz CT molecular complexity index is 1490. The lowest BCUT2D eigenvalue weighted by Crippen LogP contribution is -2.20. The first-order valence-electron chi connectivity index (χ1n) is 12.7. The van der Waals surface area contributed by atoms with Gasteiger partial charge in [0.25, 0.3) is 10.1 Å². The molecule has 2 aromatic carbocycles. The number of nitrogens with one attached hydrogen (secondary N) is 2. The fourth-order valence-corrected chi connectivity index (χ4v) is 5.42. The maximum atomic E-state index is 12.1. The number of phenolic OH excluding ortho intramolecular Hbond substituents is 1. The predicted molar refractivity (Wildman–Crippen MR) is 157 cm³/mol. The van der Waals surface area contributed by atoms with Crippen LogP contribution in [0.1, 0.15) is 53.2 Å². The molecule has 1 aliphatic rings. The molecule has 0 saturated carbocycles. The minimum absolute atomic E-state index is 0.0503. The standard InChI is InChI=1S/C28H34N2O8S2/c1-18-15-20(9-10-24(18)29-12-6-14-40(36,37)38)27(21-7-3-4-8-22(21)28(32)33)23-16-19(2)25(17-26(23)31)30-11-5-13-39(34)35/h3-4,7-8,10,15-17,29-31H,5-6,9,11-14H2,1-2H3,(H,32,33)(H,34,35)(H,36,37,38)/b27-20+. The zero-order chi connectivity index (χ0) is 29.4. The predicted octanol–water partition coefficient (Wildman–Crippen LogP) is 4.33. The van der Waals surface area contributed by atoms with E-state index in [1.807, 2.05) is 26.0 Å². The summed E-state index contributed by atoms with van der Waals surface area (Å²) in [5, 5.41) is 27.4. The fourth-order valence-electron chi connectivity index (χ4n) is 4.52. The second-order valence-corrected chi connectivity index (χ2v) is 12.1. The van der Waals surface area contributed by atoms with Crippen molar-refractivity contribution in [3.63, 3.8) is 0 Å². The van der Waals surface area contributed by atoms with E-state index in [2.05, 4.69) is 10.6 Å². The van der Waals surface area contributed by atoms with E-state index in [1.165, 1.54) is 6.07 Å². The summed E-state index contributed by atoms with van der Waals surface area (Å²) in [5.74, 6) is -1.36. The van der Waals surface area contributed by atoms with Crippen LogP contribution in [-0.2, 0) is 21.2 Å². The van der Waals surface area contributed by atoms with Gasteiger partial charge in [-0.25, -0.2) is 9.00 Å². The first kappa shape index (κ1) is 31.1. The van der Waals surface area contributed by atoms with E-state index in [-0.39, 0.29) is 29.2 Å². The van der Waals surface area contributed by atoms with Gasteiger partial charge in [-0.1, -0.05) is 30.4 Å². The smallest absolute Gasteiger partial charge is 0.336 e. The summed E-state index contributed by atoms with van der Waals surface area (Å²) in [6, 6.07) is 9.97. The lowest BCUT2D eigenvalue weighted by Gasteiger charge is -2.22. The van der Waals surface area contributed by atoms with Gasteiger partial charge in [-0.3, -0.25) is 4.55 Å². The highest BCUT2D eigenvalue weighted by Crippen LogP contribution is 2.40. The molecule has 6 N–H and O–H groups in total. The molecule has 12 heteroatoms. The van der Waals surface area contributed by atoms with E-state index < -0.39 is 27.2 Å². The van der Waals surface area contributed by atoms with Crippen molar-refractivity contribution in [2.45, 2.75) is 33.1 Å². The molecule has 2 aromatic rings. The number of aryl methyl sites for hydroxylation is 1. The topological polar surface area (TPSA) is 173 Å². The molecule has 0 saturated heterocycles. The van der Waals surface area contributed by atoms with Crippen molar-refractivity contribution in [1.29, 1.82) is 0 Å². The number of hydrogen-bond donors (Lipinski definition) is 6. The van der Waals surface area contributed by atoms with E-state index in [1.54, 1.807) is 30.3 Å². The zero-order valence-electron chi connectivity index (χ0n) is 22.3. The van der Waals surface area contributed by atoms with Gasteiger partial charge in [-0.2, -0.15) is 8.42 Å². The fraction of sp³-hybridized carbons (Fsp3) is 0.321. The number of carbonyl (C=O) groups is 1. The van der Waals surface area contributed by atoms with Crippen molar-refractivity contribution >= 4 is 38.4 Å². The Morgan fingerprint density at radius 1 is 1.02 bits per heavy atom. The van der Waals surface area contributed by atoms with Crippen molar-refractivity contribution in [1.82, 2.24) is 5.32 Å². The second-order valence-electron chi connectivity index (χ2n) is 9.46. The third kappa shape index (κ3) is 8.52. The second kappa shape index (κ2) is 13.8. The van der Waals surface area contributed by atoms with Crippen LogP contribution in [0.25, 0.3) is 5.57 Å². The number of allylic oxidation sites excluding steroid dienone is 4. The average Bonchev–Trinajstić information content (AvgIpc) is 2.87. The number of carboxylic acid groups (broad SMARTS) is 1. The summed E-state index contributed by atoms with van der Waals surface area (Å²) in [4.78, 5) is 12.1. The van der Waals surface area contributed by atoms with Gasteiger partial charge in [0.2, 0.25) is 0 Å². The third-order valence-corrected chi connectivity index (χ3v) is 7.85. The average molecular weight is 591 g/mol. The van der Waals surface area contributed by atoms with Crippen LogP contribution in [0.5, 0.6) is 5.75 Å². The zero-order valence-corrected chi connectivity index (χ0v) is 23.9. The van der Waals surface area contributed by atoms with Crippen LogP contribution >= 0.6 is 0 Å². The minimum atomic E-state index is -4.03. The summed E-state index contributed by atoms with van der Waals surface area (Å²) < 4.78 is 50.8. The Morgan fingerprint density at radius 3 is 2.33 bits per heavy atom. The Morgan fingerprint density at radius 2 is 1.70 bits per heavy atom. The molecule has 0 heterocycles. The van der Waals surface area contributed by atoms with Crippen LogP contribution < -0.4 is 10.6 Å². The highest BCUT2D eigenvalue weighted by Gasteiger charge is 2.22. The molecule has 0 bridgehead atoms. The molecule has 1 unspecified atom stereocenters. The van der Waals surface area contributed by atoms with Crippen molar-refractivity contribution in [3.8, 4) is 5.75 Å². The minimum Gasteiger partial charge on any atom is -0.507 e. The molecule has 1 aliphatic carbocycles. The molecular formula is C28H34N2O8S2. The van der Waals surface area contributed by atoms with E-state index in [4.69, 9.17) is 9.11 Å². The molecule has 0 fully saturated rings. The summed E-state index contributed by atoms with van der Waals surface area (Å²) in [6.07, 6.45) is 4.95. The Labute approximate surface area is 236 Å². The van der Waals surface area contributed by atoms with Crippen molar-refractivity contribution in [3.05, 3.63) is 87.6 Å². The number of phenols is 1. The molecule has 0 aliphatic heterocycles. The van der Waals surface area contributed by atoms with Gasteiger partial charge in [0, 0.05) is 36.1 Å². The highest BCUT2D eigenvalue weighted by atomic mass is 32.2. The van der Waals surface area contributed by atoms with Crippen molar-refractivity contribution in [2.75, 3.05) is 29.9 Å². The molecule has 0 amide bonds. The number of rotatable bonds is 13. The van der Waals surface area contributed by atoms with Gasteiger partial charge < -0.3 is 25.4 Å². The van der Waals surface area contributed by atoms with Crippen LogP contribution in [0.4, 0.5) is 5.69 Å². The van der Waals surface area contributed by atoms with Gasteiger partial charge in [0.1, 0.15) is 5.75 Å². The van der Waals surface area contributed by atoms with Crippen molar-refractivity contribution in [2.24, 2.45) is 0 Å². The lowest BCUT2D eigenvalue weighted by atomic mass is 9.85. The first-order valence-corrected chi connectivity index (χ1v) is 15.5. The van der Waals surface area contributed by atoms with Gasteiger partial charge in [0.15, 0.2) is 11.1 Å². The maximum Gasteiger partial charge on any atom is 0.336 e. The van der Waals surface area contributed by atoms with Gasteiger partial charge in [0.05, 0.1) is 17.1 Å². The normalized spacial score (nSPS) is 15.6. The third-order valence-electron chi connectivity index (χ3n) is 6.41. The largest absolute Gasteiger partial charge is 0.507 e. The Balaban J connectivity index is 2.01. The van der Waals surface area contributed by atoms with E-state index >= 15 is 0 Å². The van der Waals surface area contributed by atoms with Gasteiger partial charge >= 0.3 is 5.97 Å². The van der Waals surface area contributed by atoms with Crippen LogP contribution in [0.15, 0.2) is 65.4 Å². The first-order chi connectivity index (χ1) is 18.9. The van der Waals surface area contributed by atoms with Gasteiger partial charge in [-0.05, 0) is 73.1 Å². The molecule has 3 rings (SSSR count). The van der Waals surface area contributed by atoms with E-state index in [0.29, 0.717) is 48.3 Å². The van der Waals surface area contributed by atoms with Crippen molar-refractivity contribution < 1.29 is 36.7 Å². The monoisotopic (exact) mass is 590 g/mol. The molecule has 0 radical (unpaired) electrons. The number of anilines is 1. The van der Waals surface area contributed by atoms with E-state index in [0.717, 1.165) is 22.4 Å². The summed E-state index contributed by atoms with van der Waals surface area (Å²) in [7, 11) is -4.03. The van der Waals surface area contributed by atoms with Crippen LogP contribution in [-0.4, -0.2) is 62.5 Å². The number of carboxylic acids is 1. The highest BCUT2D eigenvalue weighted by molar-refractivity contribution is 7.85. The maximum absolute atomic E-state index is 12.1.